The molecule has 1 heterocycles. The first kappa shape index (κ1) is 18.7. The number of methoxy groups -OCH3 is 1. The zero-order valence-electron chi connectivity index (χ0n) is 14.9. The van der Waals surface area contributed by atoms with E-state index < -0.39 is 0 Å². The van der Waals surface area contributed by atoms with E-state index in [1.54, 1.807) is 42.5 Å². The predicted molar refractivity (Wildman–Crippen MR) is 101 cm³/mol. The Labute approximate surface area is 161 Å². The van der Waals surface area contributed by atoms with Crippen LogP contribution in [0.15, 0.2) is 46.9 Å². The van der Waals surface area contributed by atoms with Crippen LogP contribution in [0.1, 0.15) is 12.8 Å². The number of aromatic nitrogens is 2. The molecule has 0 fully saturated rings. The molecule has 0 aliphatic carbocycles. The predicted octanol–water partition coefficient (Wildman–Crippen LogP) is 3.98. The summed E-state index contributed by atoms with van der Waals surface area (Å²) < 4.78 is 16.2. The highest BCUT2D eigenvalue weighted by atomic mass is 35.5. The average Bonchev–Trinajstić information content (AvgIpc) is 3.16. The Balaban J connectivity index is 1.58. The van der Waals surface area contributed by atoms with Gasteiger partial charge in [0.15, 0.2) is 6.61 Å². The number of hydrogen-bond acceptors (Lipinski definition) is 6. The van der Waals surface area contributed by atoms with E-state index in [0.29, 0.717) is 40.4 Å². The third-order valence-corrected chi connectivity index (χ3v) is 3.91. The second-order valence-corrected chi connectivity index (χ2v) is 6.00. The molecule has 8 heteroatoms. The molecule has 27 heavy (non-hydrogen) atoms. The van der Waals surface area contributed by atoms with Gasteiger partial charge in [-0.15, -0.1) is 10.2 Å². The molecule has 1 amide bonds. The van der Waals surface area contributed by atoms with Crippen LogP contribution >= 0.6 is 11.6 Å². The first-order valence-electron chi connectivity index (χ1n) is 8.28. The molecule has 0 aliphatic rings. The first-order valence-corrected chi connectivity index (χ1v) is 8.66. The van der Waals surface area contributed by atoms with Gasteiger partial charge >= 0.3 is 0 Å². The van der Waals surface area contributed by atoms with E-state index in [0.717, 1.165) is 5.56 Å². The second-order valence-electron chi connectivity index (χ2n) is 5.56. The fourth-order valence-corrected chi connectivity index (χ4v) is 2.49. The minimum atomic E-state index is -0.330. The van der Waals surface area contributed by atoms with Gasteiger partial charge in [-0.3, -0.25) is 4.79 Å². The van der Waals surface area contributed by atoms with Gasteiger partial charge < -0.3 is 19.2 Å². The molecule has 1 N–H and O–H groups in total. The Morgan fingerprint density at radius 1 is 1.19 bits per heavy atom. The summed E-state index contributed by atoms with van der Waals surface area (Å²) in [5, 5.41) is 11.1. The average molecular weight is 388 g/mol. The summed E-state index contributed by atoms with van der Waals surface area (Å²) in [6.45, 7) is 1.79. The van der Waals surface area contributed by atoms with Crippen LogP contribution in [0.3, 0.4) is 0 Å². The van der Waals surface area contributed by atoms with E-state index in [1.807, 2.05) is 6.92 Å². The molecule has 3 aromatic rings. The molecule has 0 spiro atoms. The second kappa shape index (κ2) is 8.55. The molecule has 0 bridgehead atoms. The number of anilines is 1. The van der Waals surface area contributed by atoms with Crippen molar-refractivity contribution < 1.29 is 18.7 Å². The number of aryl methyl sites for hydroxylation is 1. The van der Waals surface area contributed by atoms with E-state index >= 15 is 0 Å². The minimum Gasteiger partial charge on any atom is -0.495 e. The Bertz CT molecular complexity index is 925. The normalized spacial score (nSPS) is 10.5. The molecule has 3 rings (SSSR count). The zero-order valence-corrected chi connectivity index (χ0v) is 15.6. The van der Waals surface area contributed by atoms with Crippen molar-refractivity contribution in [2.75, 3.05) is 19.0 Å². The Hall–Kier alpha value is -3.06. The van der Waals surface area contributed by atoms with Crippen molar-refractivity contribution in [2.24, 2.45) is 0 Å². The topological polar surface area (TPSA) is 86.5 Å². The van der Waals surface area contributed by atoms with Crippen molar-refractivity contribution in [3.63, 3.8) is 0 Å². The highest BCUT2D eigenvalue weighted by Crippen LogP contribution is 2.27. The Morgan fingerprint density at radius 3 is 2.63 bits per heavy atom. The monoisotopic (exact) mass is 387 g/mol. The lowest BCUT2D eigenvalue weighted by Gasteiger charge is -2.11. The lowest BCUT2D eigenvalue weighted by Crippen LogP contribution is -2.20. The maximum Gasteiger partial charge on any atom is 0.262 e. The van der Waals surface area contributed by atoms with Crippen molar-refractivity contribution >= 4 is 23.2 Å². The molecule has 140 valence electrons. The van der Waals surface area contributed by atoms with E-state index in [1.165, 1.54) is 7.11 Å². The van der Waals surface area contributed by atoms with Crippen LogP contribution in [-0.4, -0.2) is 29.8 Å². The molecule has 0 atom stereocenters. The summed E-state index contributed by atoms with van der Waals surface area (Å²) in [7, 11) is 1.52. The van der Waals surface area contributed by atoms with Gasteiger partial charge in [0.05, 0.1) is 12.8 Å². The molecular weight excluding hydrogens is 370 g/mol. The molecule has 1 aromatic heterocycles. The molecule has 0 saturated heterocycles. The molecule has 7 nitrogen and oxygen atoms in total. The van der Waals surface area contributed by atoms with Crippen molar-refractivity contribution in [2.45, 2.75) is 13.3 Å². The quantitative estimate of drug-likeness (QED) is 0.659. The molecule has 2 aromatic carbocycles. The van der Waals surface area contributed by atoms with Crippen LogP contribution in [0.2, 0.25) is 5.02 Å². The van der Waals surface area contributed by atoms with E-state index in [9.17, 15) is 4.79 Å². The third kappa shape index (κ3) is 4.77. The van der Waals surface area contributed by atoms with Gasteiger partial charge in [-0.1, -0.05) is 18.5 Å². The van der Waals surface area contributed by atoms with Gasteiger partial charge in [0.1, 0.15) is 11.5 Å². The van der Waals surface area contributed by atoms with Gasteiger partial charge in [0, 0.05) is 17.0 Å². The van der Waals surface area contributed by atoms with Crippen LogP contribution in [-0.2, 0) is 11.2 Å². The van der Waals surface area contributed by atoms with Gasteiger partial charge in [0.2, 0.25) is 11.8 Å². The summed E-state index contributed by atoms with van der Waals surface area (Å²) in [5.41, 5.74) is 1.26. The summed E-state index contributed by atoms with van der Waals surface area (Å²) in [4.78, 5) is 12.1. The number of amides is 1. The maximum atomic E-state index is 12.1. The lowest BCUT2D eigenvalue weighted by atomic mass is 10.2. The number of carbonyl (C=O) groups excluding carboxylic acids is 1. The molecular formula is C19H18ClN3O4. The molecule has 0 unspecified atom stereocenters. The number of benzene rings is 2. The Kier molecular flexibility index (Phi) is 5.93. The zero-order chi connectivity index (χ0) is 19.2. The highest BCUT2D eigenvalue weighted by Gasteiger charge is 2.10. The number of carbonyl (C=O) groups is 1. The van der Waals surface area contributed by atoms with Crippen molar-refractivity contribution in [3.8, 4) is 23.0 Å². The van der Waals surface area contributed by atoms with Crippen LogP contribution in [0, 0.1) is 0 Å². The first-order chi connectivity index (χ1) is 13.1. The number of nitrogens with one attached hydrogen (secondary N) is 1. The van der Waals surface area contributed by atoms with E-state index in [4.69, 9.17) is 25.5 Å². The Morgan fingerprint density at radius 2 is 1.96 bits per heavy atom. The summed E-state index contributed by atoms with van der Waals surface area (Å²) in [6.07, 6.45) is 0.681. The highest BCUT2D eigenvalue weighted by molar-refractivity contribution is 6.31. The van der Waals surface area contributed by atoms with Crippen LogP contribution in [0.4, 0.5) is 5.69 Å². The van der Waals surface area contributed by atoms with Gasteiger partial charge in [0.25, 0.3) is 5.91 Å². The van der Waals surface area contributed by atoms with Crippen LogP contribution in [0.25, 0.3) is 11.5 Å². The number of hydrogen-bond donors (Lipinski definition) is 1. The van der Waals surface area contributed by atoms with Crippen LogP contribution < -0.4 is 14.8 Å². The summed E-state index contributed by atoms with van der Waals surface area (Å²) in [6, 6.07) is 12.0. The third-order valence-electron chi connectivity index (χ3n) is 3.68. The maximum absolute atomic E-state index is 12.1. The van der Waals surface area contributed by atoms with Crippen LogP contribution in [0.5, 0.6) is 11.5 Å². The molecule has 0 radical (unpaired) electrons. The fraction of sp³-hybridized carbons (Fsp3) is 0.211. The van der Waals surface area contributed by atoms with Crippen molar-refractivity contribution in [1.82, 2.24) is 10.2 Å². The van der Waals surface area contributed by atoms with Crippen molar-refractivity contribution in [1.29, 1.82) is 0 Å². The summed E-state index contributed by atoms with van der Waals surface area (Å²) >= 11 is 5.95. The SMILES string of the molecule is CCc1nnc(-c2ccc(OCC(=O)Nc3cc(Cl)ccc3OC)cc2)o1. The van der Waals surface area contributed by atoms with Crippen molar-refractivity contribution in [3.05, 3.63) is 53.4 Å². The smallest absolute Gasteiger partial charge is 0.262 e. The number of halogens is 1. The number of rotatable bonds is 7. The van der Waals surface area contributed by atoms with E-state index in [-0.39, 0.29) is 12.5 Å². The number of ether oxygens (including phenoxy) is 2. The van der Waals surface area contributed by atoms with Gasteiger partial charge in [-0.05, 0) is 42.5 Å². The summed E-state index contributed by atoms with van der Waals surface area (Å²) in [5.74, 6) is 1.76. The fourth-order valence-electron chi connectivity index (χ4n) is 2.32. The lowest BCUT2D eigenvalue weighted by molar-refractivity contribution is -0.118. The standard InChI is InChI=1S/C19H18ClN3O4/c1-3-18-22-23-19(27-18)12-4-7-14(8-5-12)26-11-17(24)21-15-10-13(20)6-9-16(15)25-2/h4-10H,3,11H2,1-2H3,(H,21,24). The minimum absolute atomic E-state index is 0.157. The molecule has 0 saturated carbocycles. The molecule has 0 aliphatic heterocycles. The van der Waals surface area contributed by atoms with E-state index in [2.05, 4.69) is 15.5 Å². The van der Waals surface area contributed by atoms with Gasteiger partial charge in [-0.2, -0.15) is 0 Å². The van der Waals surface area contributed by atoms with Gasteiger partial charge in [-0.25, -0.2) is 0 Å². The number of nitrogens with zero attached hydrogens (tertiary/aromatic N) is 2. The largest absolute Gasteiger partial charge is 0.495 e.